The Morgan fingerprint density at radius 1 is 0.867 bits per heavy atom. The minimum atomic E-state index is -1.25. The average Bonchev–Trinajstić information content (AvgIpc) is 3.56. The summed E-state index contributed by atoms with van der Waals surface area (Å²) >= 11 is 0. The highest BCUT2D eigenvalue weighted by Crippen LogP contribution is 2.27. The highest BCUT2D eigenvalue weighted by molar-refractivity contribution is 5.88. The van der Waals surface area contributed by atoms with Gasteiger partial charge in [-0.25, -0.2) is 9.59 Å². The lowest BCUT2D eigenvalue weighted by molar-refractivity contribution is -0.131. The number of carboxylic acid groups (broad SMARTS) is 1. The van der Waals surface area contributed by atoms with Crippen molar-refractivity contribution in [2.24, 2.45) is 11.3 Å². The number of hydrogen-bond donors (Lipinski definition) is 4. The van der Waals surface area contributed by atoms with Gasteiger partial charge in [0.2, 0.25) is 11.8 Å². The fraction of sp³-hybridized carbons (Fsp3) is 0.447. The molecule has 60 heavy (non-hydrogen) atoms. The molecule has 1 aliphatic heterocycles. The summed E-state index contributed by atoms with van der Waals surface area (Å²) in [4.78, 5) is 68.1. The molecule has 1 fully saturated rings. The molecule has 4 N–H and O–H groups in total. The van der Waals surface area contributed by atoms with Crippen LogP contribution in [0.3, 0.4) is 0 Å². The van der Waals surface area contributed by atoms with Gasteiger partial charge in [-0.2, -0.15) is 0 Å². The number of aliphatic hydroxyl groups is 1. The van der Waals surface area contributed by atoms with Crippen molar-refractivity contribution in [1.29, 1.82) is 0 Å². The summed E-state index contributed by atoms with van der Waals surface area (Å²) in [6, 6.07) is 25.2. The molecule has 320 valence electrons. The Balaban J connectivity index is 1.42. The zero-order valence-electron chi connectivity index (χ0n) is 35.9. The number of carbonyl (C=O) groups is 4. The lowest BCUT2D eigenvalue weighted by atomic mass is 9.84. The first-order chi connectivity index (χ1) is 28.5. The molecule has 6 atom stereocenters. The summed E-state index contributed by atoms with van der Waals surface area (Å²) < 4.78 is 0. The Morgan fingerprint density at radius 2 is 1.55 bits per heavy atom. The van der Waals surface area contributed by atoms with Gasteiger partial charge in [0, 0.05) is 43.6 Å². The lowest BCUT2D eigenvalue weighted by Gasteiger charge is -2.37. The number of pyridine rings is 2. The predicted octanol–water partition coefficient (Wildman–Crippen LogP) is 6.33. The zero-order valence-corrected chi connectivity index (χ0v) is 35.9. The van der Waals surface area contributed by atoms with E-state index in [0.29, 0.717) is 32.5 Å². The third-order valence-electron chi connectivity index (χ3n) is 11.3. The largest absolute Gasteiger partial charge is 0.465 e. The molecular formula is C47H61N7O6. The molecule has 13 nitrogen and oxygen atoms in total. The van der Waals surface area contributed by atoms with Crippen molar-refractivity contribution in [3.63, 3.8) is 0 Å². The number of nitrogens with zero attached hydrogens (tertiary/aromatic N) is 5. The molecular weight excluding hydrogens is 759 g/mol. The summed E-state index contributed by atoms with van der Waals surface area (Å²) in [6.45, 7) is 12.4. The number of hydrogen-bond acceptors (Lipinski definition) is 7. The molecule has 2 aromatic carbocycles. The van der Waals surface area contributed by atoms with Gasteiger partial charge in [0.05, 0.1) is 30.1 Å². The Labute approximate surface area is 354 Å². The topological polar surface area (TPSA) is 168 Å². The number of urea groups is 1. The number of likely N-dealkylation sites (N-methyl/N-ethyl adjacent to an activating group) is 1. The second-order valence-electron chi connectivity index (χ2n) is 17.1. The third kappa shape index (κ3) is 11.9. The maximum Gasteiger partial charge on any atom is 0.407 e. The van der Waals surface area contributed by atoms with Crippen molar-refractivity contribution in [1.82, 2.24) is 35.3 Å². The minimum absolute atomic E-state index is 0.0544. The maximum atomic E-state index is 14.5. The van der Waals surface area contributed by atoms with E-state index in [1.807, 2.05) is 112 Å². The molecule has 0 bridgehead atoms. The molecule has 5 rings (SSSR count). The van der Waals surface area contributed by atoms with Gasteiger partial charge in [0.15, 0.2) is 0 Å². The summed E-state index contributed by atoms with van der Waals surface area (Å²) in [5, 5.41) is 28.4. The molecule has 1 aliphatic rings. The number of amides is 5. The van der Waals surface area contributed by atoms with Crippen LogP contribution in [-0.4, -0.2) is 109 Å². The van der Waals surface area contributed by atoms with Gasteiger partial charge in [-0.15, -0.1) is 0 Å². The Morgan fingerprint density at radius 3 is 2.17 bits per heavy atom. The lowest BCUT2D eigenvalue weighted by Crippen LogP contribution is -2.58. The fourth-order valence-electron chi connectivity index (χ4n) is 8.06. The van der Waals surface area contributed by atoms with Gasteiger partial charge in [0.1, 0.15) is 12.1 Å². The van der Waals surface area contributed by atoms with Crippen LogP contribution < -0.4 is 10.6 Å². The Hall–Kier alpha value is -5.82. The van der Waals surface area contributed by atoms with Crippen LogP contribution in [-0.2, 0) is 29.0 Å². The molecule has 3 heterocycles. The van der Waals surface area contributed by atoms with E-state index in [-0.39, 0.29) is 30.7 Å². The first-order valence-electron chi connectivity index (χ1n) is 20.8. The Bertz CT molecular complexity index is 2040. The van der Waals surface area contributed by atoms with E-state index in [0.717, 1.165) is 38.7 Å². The summed E-state index contributed by atoms with van der Waals surface area (Å²) in [6.07, 6.45) is 0.601. The molecule has 2 aromatic heterocycles. The van der Waals surface area contributed by atoms with Gasteiger partial charge in [0.25, 0.3) is 0 Å². The van der Waals surface area contributed by atoms with E-state index in [1.165, 1.54) is 7.05 Å². The van der Waals surface area contributed by atoms with Gasteiger partial charge < -0.3 is 30.6 Å². The van der Waals surface area contributed by atoms with Gasteiger partial charge in [-0.3, -0.25) is 24.5 Å². The van der Waals surface area contributed by atoms with Crippen LogP contribution in [0.5, 0.6) is 0 Å². The van der Waals surface area contributed by atoms with Crippen LogP contribution >= 0.6 is 0 Å². The van der Waals surface area contributed by atoms with Crippen molar-refractivity contribution in [3.8, 4) is 11.3 Å². The standard InChI is InChI=1S/C47H61N7O6/c1-8-31(2)41(54-26-25-53(45(54)58)30-36-18-14-15-32(3)49-36)43(56)50-37(27-33-16-10-9-11-17-33)29-40(55)39(51-44(57)42(47(4,5)6)52(7)46(59)60)28-34-20-22-35(23-21-34)38-19-12-13-24-48-38/h9-24,31,37,39-42,55H,8,25-30H2,1-7H3,(H,50,56)(H,51,57)(H,59,60)/t31?,37-,39-,40-,41-,42+/m0/s1. The number of aryl methyl sites for hydroxylation is 1. The van der Waals surface area contributed by atoms with Crippen molar-refractivity contribution in [2.45, 2.75) is 104 Å². The number of aromatic nitrogens is 2. The second-order valence-corrected chi connectivity index (χ2v) is 17.1. The van der Waals surface area contributed by atoms with Crippen molar-refractivity contribution in [3.05, 3.63) is 120 Å². The predicted molar refractivity (Wildman–Crippen MR) is 232 cm³/mol. The molecule has 4 aromatic rings. The molecule has 13 heteroatoms. The van der Waals surface area contributed by atoms with E-state index in [1.54, 1.807) is 36.8 Å². The van der Waals surface area contributed by atoms with E-state index in [4.69, 9.17) is 0 Å². The monoisotopic (exact) mass is 819 g/mol. The third-order valence-corrected chi connectivity index (χ3v) is 11.3. The summed E-state index contributed by atoms with van der Waals surface area (Å²) in [5.41, 5.74) is 4.35. The highest BCUT2D eigenvalue weighted by Gasteiger charge is 2.42. The van der Waals surface area contributed by atoms with E-state index in [2.05, 4.69) is 20.6 Å². The average molecular weight is 820 g/mol. The minimum Gasteiger partial charge on any atom is -0.465 e. The van der Waals surface area contributed by atoms with Crippen LogP contribution in [0.25, 0.3) is 11.3 Å². The van der Waals surface area contributed by atoms with Gasteiger partial charge in [-0.1, -0.05) is 108 Å². The maximum absolute atomic E-state index is 14.5. The summed E-state index contributed by atoms with van der Waals surface area (Å²) in [5.74, 6) is -1.03. The van der Waals surface area contributed by atoms with Crippen LogP contribution in [0, 0.1) is 18.3 Å². The second kappa shape index (κ2) is 20.4. The van der Waals surface area contributed by atoms with Crippen LogP contribution in [0.2, 0.25) is 0 Å². The molecule has 0 aliphatic carbocycles. The molecule has 1 saturated heterocycles. The van der Waals surface area contributed by atoms with E-state index in [9.17, 15) is 29.4 Å². The number of rotatable bonds is 18. The first kappa shape index (κ1) is 45.3. The van der Waals surface area contributed by atoms with Crippen molar-refractivity contribution in [2.75, 3.05) is 20.1 Å². The van der Waals surface area contributed by atoms with E-state index >= 15 is 0 Å². The molecule has 0 spiro atoms. The fourth-order valence-corrected chi connectivity index (χ4v) is 8.06. The van der Waals surface area contributed by atoms with Crippen LogP contribution in [0.15, 0.2) is 97.2 Å². The van der Waals surface area contributed by atoms with Crippen LogP contribution in [0.4, 0.5) is 9.59 Å². The number of aliphatic hydroxyl groups excluding tert-OH is 1. The number of benzene rings is 2. The molecule has 5 amide bonds. The first-order valence-corrected chi connectivity index (χ1v) is 20.8. The Kier molecular flexibility index (Phi) is 15.4. The van der Waals surface area contributed by atoms with Crippen molar-refractivity contribution < 1.29 is 29.4 Å². The quantitative estimate of drug-likeness (QED) is 0.0903. The molecule has 0 radical (unpaired) electrons. The van der Waals surface area contributed by atoms with E-state index < -0.39 is 47.7 Å². The van der Waals surface area contributed by atoms with Gasteiger partial charge in [-0.05, 0) is 72.9 Å². The molecule has 0 saturated carbocycles. The highest BCUT2D eigenvalue weighted by atomic mass is 16.4. The van der Waals surface area contributed by atoms with Gasteiger partial charge >= 0.3 is 12.1 Å². The zero-order chi connectivity index (χ0) is 43.6. The van der Waals surface area contributed by atoms with Crippen LogP contribution in [0.1, 0.15) is 70.0 Å². The number of nitrogens with one attached hydrogen (secondary N) is 2. The SMILES string of the molecule is CCC(C)[C@@H](C(=O)N[C@@H](Cc1ccccc1)C[C@H](O)[C@H](Cc1ccc(-c2ccccn2)cc1)NC(=O)[C@@H](N(C)C(=O)O)C(C)(C)C)N1CCN(Cc2cccc(C)n2)C1=O. The van der Waals surface area contributed by atoms with Crippen molar-refractivity contribution >= 4 is 23.9 Å². The summed E-state index contributed by atoms with van der Waals surface area (Å²) in [7, 11) is 1.36. The normalized spacial score (nSPS) is 16.0. The molecule has 1 unspecified atom stereocenters. The smallest absolute Gasteiger partial charge is 0.407 e. The number of carbonyl (C=O) groups excluding carboxylic acids is 3.